The maximum atomic E-state index is 5.04. The van der Waals surface area contributed by atoms with Crippen LogP contribution >= 0.6 is 0 Å². The van der Waals surface area contributed by atoms with Crippen LogP contribution < -0.4 is 0 Å². The number of hydrogen-bond donors (Lipinski definition) is 0. The fraction of sp³-hybridized carbons (Fsp3) is 0.714. The summed E-state index contributed by atoms with van der Waals surface area (Å²) in [6.45, 7) is 6.89. The summed E-state index contributed by atoms with van der Waals surface area (Å²) in [5.74, 6) is 0. The molecular formula is C7H14O. The lowest BCUT2D eigenvalue weighted by Crippen LogP contribution is -1.99. The van der Waals surface area contributed by atoms with Gasteiger partial charge >= 0.3 is 0 Å². The monoisotopic (exact) mass is 114 g/mol. The van der Waals surface area contributed by atoms with Gasteiger partial charge in [0.25, 0.3) is 0 Å². The average molecular weight is 114 g/mol. The van der Waals surface area contributed by atoms with Crippen molar-refractivity contribution in [3.8, 4) is 12.8 Å². The molecule has 0 rings (SSSR count). The molecule has 0 aliphatic rings. The number of terminal acetylenes is 1. The van der Waals surface area contributed by atoms with E-state index in [0.717, 1.165) is 6.61 Å². The minimum Gasteiger partial charge on any atom is -0.379 e. The molecule has 0 unspecified atom stereocenters. The van der Waals surface area contributed by atoms with Gasteiger partial charge in [0.2, 0.25) is 0 Å². The summed E-state index contributed by atoms with van der Waals surface area (Å²) in [5.41, 5.74) is 0. The lowest BCUT2D eigenvalue weighted by Gasteiger charge is -2.00. The molecule has 0 aliphatic heterocycles. The first-order valence-electron chi connectivity index (χ1n) is 2.72. The second-order valence-electron chi connectivity index (χ2n) is 1.50. The lowest BCUT2D eigenvalue weighted by molar-refractivity contribution is 0.0899. The van der Waals surface area contributed by atoms with Crippen LogP contribution in [0.2, 0.25) is 0 Å². The molecule has 0 bridgehead atoms. The third kappa shape index (κ3) is 17.8. The summed E-state index contributed by atoms with van der Waals surface area (Å²) in [6, 6.07) is 0. The average Bonchev–Trinajstić information content (AvgIpc) is 1.72. The second kappa shape index (κ2) is 9.72. The fourth-order valence-corrected chi connectivity index (χ4v) is 0.333. The molecule has 0 saturated heterocycles. The van der Waals surface area contributed by atoms with E-state index in [-0.39, 0.29) is 0 Å². The van der Waals surface area contributed by atoms with Crippen LogP contribution in [0.15, 0.2) is 0 Å². The molecule has 0 amide bonds. The SMILES string of the molecule is C#C.CCOC(C)C. The molecule has 0 aromatic carbocycles. The highest BCUT2D eigenvalue weighted by Crippen LogP contribution is 1.83. The van der Waals surface area contributed by atoms with Crippen molar-refractivity contribution in [3.63, 3.8) is 0 Å². The summed E-state index contributed by atoms with van der Waals surface area (Å²) in [5, 5.41) is 0. The number of hydrogen-bond acceptors (Lipinski definition) is 1. The predicted molar refractivity (Wildman–Crippen MR) is 36.7 cm³/mol. The van der Waals surface area contributed by atoms with Crippen molar-refractivity contribution in [1.82, 2.24) is 0 Å². The smallest absolute Gasteiger partial charge is 0.0518 e. The van der Waals surface area contributed by atoms with Gasteiger partial charge in [0.1, 0.15) is 0 Å². The Balaban J connectivity index is 0. The van der Waals surface area contributed by atoms with Gasteiger partial charge < -0.3 is 4.74 Å². The minimum absolute atomic E-state index is 0.398. The van der Waals surface area contributed by atoms with Gasteiger partial charge in [-0.15, -0.1) is 12.8 Å². The van der Waals surface area contributed by atoms with Crippen molar-refractivity contribution in [3.05, 3.63) is 0 Å². The largest absolute Gasteiger partial charge is 0.379 e. The van der Waals surface area contributed by atoms with E-state index >= 15 is 0 Å². The topological polar surface area (TPSA) is 9.23 Å². The molecule has 0 fully saturated rings. The Morgan fingerprint density at radius 1 is 1.38 bits per heavy atom. The Morgan fingerprint density at radius 2 is 1.75 bits per heavy atom. The summed E-state index contributed by atoms with van der Waals surface area (Å²) < 4.78 is 5.04. The Bertz CT molecular complexity index is 45.6. The summed E-state index contributed by atoms with van der Waals surface area (Å²) >= 11 is 0. The van der Waals surface area contributed by atoms with E-state index < -0.39 is 0 Å². The zero-order chi connectivity index (χ0) is 6.99. The van der Waals surface area contributed by atoms with Crippen LogP contribution in [0, 0.1) is 12.8 Å². The fourth-order valence-electron chi connectivity index (χ4n) is 0.333. The van der Waals surface area contributed by atoms with Gasteiger partial charge in [-0.1, -0.05) is 0 Å². The van der Waals surface area contributed by atoms with Gasteiger partial charge in [0.15, 0.2) is 0 Å². The molecule has 0 aromatic rings. The van der Waals surface area contributed by atoms with E-state index in [9.17, 15) is 0 Å². The van der Waals surface area contributed by atoms with Crippen LogP contribution in [0.4, 0.5) is 0 Å². The number of rotatable bonds is 2. The summed E-state index contributed by atoms with van der Waals surface area (Å²) in [6.07, 6.45) is 8.40. The standard InChI is InChI=1S/C5H12O.C2H2/c1-4-6-5(2)3;1-2/h5H,4H2,1-3H3;1-2H. The highest BCUT2D eigenvalue weighted by molar-refractivity contribution is 4.47. The van der Waals surface area contributed by atoms with Crippen LogP contribution in [0.5, 0.6) is 0 Å². The molecule has 0 saturated carbocycles. The van der Waals surface area contributed by atoms with E-state index in [1.54, 1.807) is 0 Å². The molecule has 0 spiro atoms. The Labute approximate surface area is 52.0 Å². The molecule has 48 valence electrons. The van der Waals surface area contributed by atoms with Crippen molar-refractivity contribution in [1.29, 1.82) is 0 Å². The molecule has 0 atom stereocenters. The summed E-state index contributed by atoms with van der Waals surface area (Å²) in [7, 11) is 0. The van der Waals surface area contributed by atoms with Crippen LogP contribution in [-0.2, 0) is 4.74 Å². The quantitative estimate of drug-likeness (QED) is 0.496. The zero-order valence-corrected chi connectivity index (χ0v) is 5.85. The first-order chi connectivity index (χ1) is 3.77. The Hall–Kier alpha value is -0.480. The van der Waals surface area contributed by atoms with E-state index in [1.165, 1.54) is 0 Å². The second-order valence-corrected chi connectivity index (χ2v) is 1.50. The highest BCUT2D eigenvalue weighted by atomic mass is 16.5. The summed E-state index contributed by atoms with van der Waals surface area (Å²) in [4.78, 5) is 0. The van der Waals surface area contributed by atoms with Crippen molar-refractivity contribution in [2.75, 3.05) is 6.61 Å². The van der Waals surface area contributed by atoms with Gasteiger partial charge in [-0.25, -0.2) is 0 Å². The molecule has 8 heavy (non-hydrogen) atoms. The van der Waals surface area contributed by atoms with Gasteiger partial charge in [-0.3, -0.25) is 0 Å². The van der Waals surface area contributed by atoms with Crippen molar-refractivity contribution >= 4 is 0 Å². The zero-order valence-electron chi connectivity index (χ0n) is 5.85. The first-order valence-corrected chi connectivity index (χ1v) is 2.72. The van der Waals surface area contributed by atoms with Gasteiger partial charge in [0.05, 0.1) is 6.10 Å². The first kappa shape index (κ1) is 10.5. The number of ether oxygens (including phenoxy) is 1. The van der Waals surface area contributed by atoms with Crippen molar-refractivity contribution in [2.24, 2.45) is 0 Å². The third-order valence-corrected chi connectivity index (χ3v) is 0.500. The Kier molecular flexibility index (Phi) is 12.8. The van der Waals surface area contributed by atoms with Crippen LogP contribution in [0.3, 0.4) is 0 Å². The molecule has 0 aromatic heterocycles. The van der Waals surface area contributed by atoms with Gasteiger partial charge in [-0.2, -0.15) is 0 Å². The van der Waals surface area contributed by atoms with Gasteiger partial charge in [0, 0.05) is 6.61 Å². The molecule has 0 N–H and O–H groups in total. The van der Waals surface area contributed by atoms with E-state index in [4.69, 9.17) is 4.74 Å². The lowest BCUT2D eigenvalue weighted by atomic mass is 10.5. The van der Waals surface area contributed by atoms with Crippen molar-refractivity contribution in [2.45, 2.75) is 26.9 Å². The van der Waals surface area contributed by atoms with Crippen LogP contribution in [0.25, 0.3) is 0 Å². The Morgan fingerprint density at radius 3 is 1.75 bits per heavy atom. The molecule has 1 nitrogen and oxygen atoms in total. The van der Waals surface area contributed by atoms with Crippen molar-refractivity contribution < 1.29 is 4.74 Å². The van der Waals surface area contributed by atoms with E-state index in [2.05, 4.69) is 12.8 Å². The normalized spacial score (nSPS) is 7.75. The maximum Gasteiger partial charge on any atom is 0.0518 e. The van der Waals surface area contributed by atoms with Gasteiger partial charge in [-0.05, 0) is 20.8 Å². The highest BCUT2D eigenvalue weighted by Gasteiger charge is 1.83. The minimum atomic E-state index is 0.398. The van der Waals surface area contributed by atoms with Crippen LogP contribution in [0.1, 0.15) is 20.8 Å². The van der Waals surface area contributed by atoms with E-state index in [0.29, 0.717) is 6.10 Å². The van der Waals surface area contributed by atoms with Crippen LogP contribution in [-0.4, -0.2) is 12.7 Å². The molecule has 0 aliphatic carbocycles. The maximum absolute atomic E-state index is 5.04. The molecule has 0 heterocycles. The van der Waals surface area contributed by atoms with E-state index in [1.807, 2.05) is 20.8 Å². The molecule has 0 radical (unpaired) electrons. The third-order valence-electron chi connectivity index (χ3n) is 0.500. The predicted octanol–water partition coefficient (Wildman–Crippen LogP) is 1.68. The molecular weight excluding hydrogens is 100 g/mol. The molecule has 1 heteroatoms.